The second-order valence-corrected chi connectivity index (χ2v) is 3.59. The van der Waals surface area contributed by atoms with Gasteiger partial charge in [0.05, 0.1) is 12.4 Å². The molecule has 1 amide bonds. The smallest absolute Gasteiger partial charge is 0.262 e. The van der Waals surface area contributed by atoms with E-state index in [-0.39, 0.29) is 12.1 Å². The molecule has 0 radical (unpaired) electrons. The van der Waals surface area contributed by atoms with Crippen molar-refractivity contribution in [3.63, 3.8) is 0 Å². The summed E-state index contributed by atoms with van der Waals surface area (Å²) in [5.74, 6) is -0.236. The first-order valence-electron chi connectivity index (χ1n) is 5.21. The third-order valence-corrected chi connectivity index (χ3v) is 1.79. The lowest BCUT2D eigenvalue weighted by atomic mass is 10.5. The van der Waals surface area contributed by atoms with Crippen molar-refractivity contribution >= 4 is 18.5 Å². The molecule has 16 heavy (non-hydrogen) atoms. The third kappa shape index (κ3) is 9.29. The fourth-order valence-electron chi connectivity index (χ4n) is 0.854. The molecule has 0 aliphatic heterocycles. The van der Waals surface area contributed by atoms with Crippen molar-refractivity contribution in [1.82, 2.24) is 15.5 Å². The Hall–Kier alpha value is -1.27. The van der Waals surface area contributed by atoms with Crippen molar-refractivity contribution in [2.24, 2.45) is 9.98 Å². The van der Waals surface area contributed by atoms with Crippen molar-refractivity contribution in [2.45, 2.75) is 13.1 Å². The Bertz CT molecular complexity index is 250. The van der Waals surface area contributed by atoms with E-state index in [4.69, 9.17) is 0 Å². The number of amides is 1. The minimum absolute atomic E-state index is 0.00166. The fourth-order valence-corrected chi connectivity index (χ4v) is 0.854. The Kier molecular flexibility index (Phi) is 8.28. The lowest BCUT2D eigenvalue weighted by molar-refractivity contribution is -0.113. The molecule has 0 aromatic carbocycles. The summed E-state index contributed by atoms with van der Waals surface area (Å²) in [6.45, 7) is 3.76. The summed E-state index contributed by atoms with van der Waals surface area (Å²) < 4.78 is 0. The van der Waals surface area contributed by atoms with Crippen LogP contribution in [0.2, 0.25) is 0 Å². The number of hydrogen-bond acceptors (Lipinski definition) is 4. The normalized spacial score (nSPS) is 13.8. The highest BCUT2D eigenvalue weighted by Gasteiger charge is 1.95. The fraction of sp³-hybridized carbons (Fsp3) is 0.700. The van der Waals surface area contributed by atoms with E-state index in [2.05, 4.69) is 25.5 Å². The van der Waals surface area contributed by atoms with Crippen LogP contribution in [0.4, 0.5) is 0 Å². The van der Waals surface area contributed by atoms with Crippen LogP contribution in [-0.2, 0) is 4.79 Å². The van der Waals surface area contributed by atoms with E-state index in [0.29, 0.717) is 0 Å². The quantitative estimate of drug-likeness (QED) is 0.447. The molecule has 6 heteroatoms. The first-order chi connectivity index (χ1) is 7.56. The van der Waals surface area contributed by atoms with Crippen LogP contribution in [0, 0.1) is 0 Å². The number of aliphatic imine (C=N–C) groups is 2. The Balaban J connectivity index is 3.69. The van der Waals surface area contributed by atoms with Gasteiger partial charge in [-0.05, 0) is 21.0 Å². The molecule has 1 unspecified atom stereocenters. The zero-order valence-electron chi connectivity index (χ0n) is 10.4. The van der Waals surface area contributed by atoms with Gasteiger partial charge in [0.2, 0.25) is 0 Å². The summed E-state index contributed by atoms with van der Waals surface area (Å²) in [6.07, 6.45) is 2.57. The molecule has 0 aromatic heterocycles. The van der Waals surface area contributed by atoms with Crippen LogP contribution in [0.15, 0.2) is 9.98 Å². The molecule has 0 heterocycles. The highest BCUT2D eigenvalue weighted by Crippen LogP contribution is 1.82. The highest BCUT2D eigenvalue weighted by molar-refractivity contribution is 6.27. The van der Waals surface area contributed by atoms with Gasteiger partial charge in [-0.25, -0.2) is 4.99 Å². The van der Waals surface area contributed by atoms with Crippen LogP contribution < -0.4 is 10.6 Å². The molecule has 0 rings (SSSR count). The molecule has 1 atom stereocenters. The van der Waals surface area contributed by atoms with Gasteiger partial charge in [-0.2, -0.15) is 0 Å². The molecule has 0 aliphatic rings. The molecule has 0 saturated heterocycles. The molecule has 0 aliphatic carbocycles. The molecule has 6 nitrogen and oxygen atoms in total. The van der Waals surface area contributed by atoms with E-state index < -0.39 is 0 Å². The SMILES string of the molecule is CNC(=O)/C=N/C=N\C(C)NCCN(C)C. The maximum absolute atomic E-state index is 10.8. The number of nitrogens with zero attached hydrogens (tertiary/aromatic N) is 3. The van der Waals surface area contributed by atoms with Crippen LogP contribution in [0.5, 0.6) is 0 Å². The van der Waals surface area contributed by atoms with Crippen molar-refractivity contribution in [3.8, 4) is 0 Å². The van der Waals surface area contributed by atoms with Gasteiger partial charge in [-0.3, -0.25) is 15.1 Å². The number of rotatable bonds is 7. The van der Waals surface area contributed by atoms with Gasteiger partial charge >= 0.3 is 0 Å². The zero-order chi connectivity index (χ0) is 12.4. The van der Waals surface area contributed by atoms with E-state index >= 15 is 0 Å². The minimum Gasteiger partial charge on any atom is -0.354 e. The number of hydrogen-bond donors (Lipinski definition) is 2. The monoisotopic (exact) mass is 227 g/mol. The van der Waals surface area contributed by atoms with E-state index in [9.17, 15) is 4.79 Å². The molecule has 92 valence electrons. The Morgan fingerprint density at radius 2 is 2.19 bits per heavy atom. The second-order valence-electron chi connectivity index (χ2n) is 3.59. The maximum Gasteiger partial charge on any atom is 0.262 e. The molecule has 0 spiro atoms. The number of carbonyl (C=O) groups is 1. The van der Waals surface area contributed by atoms with Gasteiger partial charge in [-0.15, -0.1) is 0 Å². The first-order valence-corrected chi connectivity index (χ1v) is 5.21. The Labute approximate surface area is 96.8 Å². The molecule has 0 aromatic rings. The average molecular weight is 227 g/mol. The summed E-state index contributed by atoms with van der Waals surface area (Å²) in [7, 11) is 5.59. The second kappa shape index (κ2) is 8.99. The molecule has 0 fully saturated rings. The predicted octanol–water partition coefficient (Wildman–Crippen LogP) is -0.671. The predicted molar refractivity (Wildman–Crippen MR) is 67.1 cm³/mol. The van der Waals surface area contributed by atoms with Gasteiger partial charge in [-0.1, -0.05) is 0 Å². The number of nitrogens with one attached hydrogen (secondary N) is 2. The minimum atomic E-state index is -0.236. The number of likely N-dealkylation sites (N-methyl/N-ethyl adjacent to an activating group) is 1. The van der Waals surface area contributed by atoms with Crippen LogP contribution >= 0.6 is 0 Å². The van der Waals surface area contributed by atoms with Crippen LogP contribution in [0.25, 0.3) is 0 Å². The molecule has 0 saturated carbocycles. The van der Waals surface area contributed by atoms with E-state index in [1.54, 1.807) is 7.05 Å². The van der Waals surface area contributed by atoms with Crippen molar-refractivity contribution in [2.75, 3.05) is 34.2 Å². The standard InChI is InChI=1S/C10H21N5O/c1-9(13-5-6-15(3)4)14-8-12-7-10(16)11-2/h7-9,13H,5-6H2,1-4H3,(H,11,16)/b12-7+,14-8-. The van der Waals surface area contributed by atoms with Gasteiger partial charge < -0.3 is 10.2 Å². The molecule has 0 bridgehead atoms. The number of carbonyl (C=O) groups excluding carboxylic acids is 1. The van der Waals surface area contributed by atoms with Crippen LogP contribution in [-0.4, -0.2) is 63.8 Å². The molecule has 2 N–H and O–H groups in total. The van der Waals surface area contributed by atoms with E-state index in [1.165, 1.54) is 12.6 Å². The molecular formula is C10H21N5O. The van der Waals surface area contributed by atoms with Crippen molar-refractivity contribution in [3.05, 3.63) is 0 Å². The average Bonchev–Trinajstić information content (AvgIpc) is 2.23. The summed E-state index contributed by atoms with van der Waals surface area (Å²) in [5.41, 5.74) is 0. The Morgan fingerprint density at radius 1 is 1.50 bits per heavy atom. The van der Waals surface area contributed by atoms with Crippen LogP contribution in [0.3, 0.4) is 0 Å². The zero-order valence-corrected chi connectivity index (χ0v) is 10.4. The first kappa shape index (κ1) is 14.7. The van der Waals surface area contributed by atoms with E-state index in [0.717, 1.165) is 13.1 Å². The lowest BCUT2D eigenvalue weighted by Gasteiger charge is -2.12. The highest BCUT2D eigenvalue weighted by atomic mass is 16.1. The summed E-state index contributed by atoms with van der Waals surface area (Å²) in [4.78, 5) is 20.7. The van der Waals surface area contributed by atoms with Gasteiger partial charge in [0.25, 0.3) is 5.91 Å². The van der Waals surface area contributed by atoms with Crippen molar-refractivity contribution < 1.29 is 4.79 Å². The van der Waals surface area contributed by atoms with Gasteiger partial charge in [0, 0.05) is 20.1 Å². The third-order valence-electron chi connectivity index (χ3n) is 1.79. The summed E-state index contributed by atoms with van der Waals surface area (Å²) in [6, 6.07) is 0. The van der Waals surface area contributed by atoms with Gasteiger partial charge in [0.1, 0.15) is 6.34 Å². The molecular weight excluding hydrogens is 206 g/mol. The lowest BCUT2D eigenvalue weighted by Crippen LogP contribution is -2.31. The maximum atomic E-state index is 10.8. The Morgan fingerprint density at radius 3 is 2.75 bits per heavy atom. The van der Waals surface area contributed by atoms with Crippen LogP contribution in [0.1, 0.15) is 6.92 Å². The van der Waals surface area contributed by atoms with E-state index in [1.807, 2.05) is 21.0 Å². The van der Waals surface area contributed by atoms with Gasteiger partial charge in [0.15, 0.2) is 0 Å². The summed E-state index contributed by atoms with van der Waals surface area (Å²) >= 11 is 0. The summed E-state index contributed by atoms with van der Waals surface area (Å²) in [5, 5.41) is 5.63. The largest absolute Gasteiger partial charge is 0.354 e. The topological polar surface area (TPSA) is 69.1 Å². The van der Waals surface area contributed by atoms with Crippen molar-refractivity contribution in [1.29, 1.82) is 0 Å².